The van der Waals surface area contributed by atoms with Crippen LogP contribution in [0.1, 0.15) is 82.9 Å². The minimum atomic E-state index is -1.95. The van der Waals surface area contributed by atoms with Crippen LogP contribution in [0, 0.1) is 17.3 Å². The second-order valence-corrected chi connectivity index (χ2v) is 21.3. The number of β-amino-alcohol motifs (C(OH)–C–C–N with tert-alkyl or cyclic N) is 1. The van der Waals surface area contributed by atoms with Crippen molar-refractivity contribution in [1.29, 1.82) is 0 Å². The highest BCUT2D eigenvalue weighted by Crippen LogP contribution is 2.42. The maximum atomic E-state index is 15.0. The number of aromatic nitrogens is 1. The van der Waals surface area contributed by atoms with Gasteiger partial charge in [-0.15, -0.1) is 0 Å². The monoisotopic (exact) mass is 958 g/mol. The lowest BCUT2D eigenvalue weighted by atomic mass is 9.84. The molecule has 4 N–H and O–H groups in total. The average molecular weight is 958 g/mol. The fourth-order valence-corrected chi connectivity index (χ4v) is 11.5. The molecule has 0 radical (unpaired) electrons. The maximum absolute atomic E-state index is 15.0. The molecule has 2 saturated heterocycles. The molecule has 0 unspecified atom stereocenters. The minimum Gasteiger partial charge on any atom is -0.508 e. The van der Waals surface area contributed by atoms with Gasteiger partial charge in [-0.3, -0.25) is 29.0 Å². The number of aryl methyl sites for hydroxylation is 1. The van der Waals surface area contributed by atoms with Gasteiger partial charge in [0.05, 0.1) is 18.8 Å². The number of benzene rings is 3. The Morgan fingerprint density at radius 1 is 1.00 bits per heavy atom. The highest BCUT2D eigenvalue weighted by molar-refractivity contribution is 5.97. The summed E-state index contributed by atoms with van der Waals surface area (Å²) >= 11 is 0. The van der Waals surface area contributed by atoms with E-state index in [0.717, 1.165) is 64.3 Å². The van der Waals surface area contributed by atoms with Gasteiger partial charge in [-0.1, -0.05) is 76.6 Å². The Morgan fingerprint density at radius 2 is 1.74 bits per heavy atom. The average Bonchev–Trinajstić information content (AvgIpc) is 4.05. The second kappa shape index (κ2) is 20.4. The number of likely N-dealkylation sites (N-methyl/N-ethyl adjacent to an activating group) is 1. The molecule has 1 aliphatic carbocycles. The predicted octanol–water partition coefficient (Wildman–Crippen LogP) is 5.82. The van der Waals surface area contributed by atoms with E-state index in [0.29, 0.717) is 44.2 Å². The Bertz CT molecular complexity index is 2670. The van der Waals surface area contributed by atoms with Gasteiger partial charge in [0.15, 0.2) is 5.60 Å². The lowest BCUT2D eigenvalue weighted by Gasteiger charge is -2.39. The number of hydrogen-bond acceptors (Lipinski definition) is 10. The second-order valence-electron chi connectivity index (χ2n) is 21.3. The van der Waals surface area contributed by atoms with E-state index in [-0.39, 0.29) is 44.3 Å². The van der Waals surface area contributed by atoms with Crippen LogP contribution in [0.4, 0.5) is 0 Å². The number of hydrazine groups is 1. The zero-order chi connectivity index (χ0) is 50.2. The number of hydrogen-bond donors (Lipinski definition) is 4. The van der Waals surface area contributed by atoms with Crippen LogP contribution in [-0.2, 0) is 54.6 Å². The summed E-state index contributed by atoms with van der Waals surface area (Å²) in [5.41, 5.74) is 8.43. The summed E-state index contributed by atoms with van der Waals surface area (Å²) in [7, 11) is 5.63. The largest absolute Gasteiger partial charge is 0.508 e. The summed E-state index contributed by atoms with van der Waals surface area (Å²) in [6.07, 6.45) is 5.64. The summed E-state index contributed by atoms with van der Waals surface area (Å²) in [4.78, 5) is 75.8. The number of ether oxygens (including phenoxy) is 1. The molecule has 15 heteroatoms. The number of rotatable bonds is 10. The SMILES string of the molecule is C=CC(=O)N1C[C@H](C)[C@](O)(C(=O)N(C)[C@H](C(=O)N[C@H]2Cc3cc(O)cc(c3)-c3ccc4c(c3)c(c(-c3ccccc3CN(C)C)n4CC)CC(C)(C)COC(=O)[C@@H]3CCCN(N3)C2=O)C2CCCC2)C1. The fourth-order valence-electron chi connectivity index (χ4n) is 11.5. The molecular formula is C55H71N7O8. The van der Waals surface area contributed by atoms with Gasteiger partial charge in [-0.25, -0.2) is 5.43 Å². The Hall–Kier alpha value is -6.03. The van der Waals surface area contributed by atoms with Crippen molar-refractivity contribution in [2.24, 2.45) is 17.3 Å². The third-order valence-electron chi connectivity index (χ3n) is 15.1. The molecule has 4 aromatic rings. The first-order valence-electron chi connectivity index (χ1n) is 25.0. The zero-order valence-corrected chi connectivity index (χ0v) is 41.9. The van der Waals surface area contributed by atoms with E-state index in [1.54, 1.807) is 19.1 Å². The molecule has 1 aromatic heterocycles. The van der Waals surface area contributed by atoms with Crippen molar-refractivity contribution >= 4 is 40.5 Å². The summed E-state index contributed by atoms with van der Waals surface area (Å²) in [6.45, 7) is 13.3. The number of nitrogens with one attached hydrogen (secondary N) is 2. The van der Waals surface area contributed by atoms with Crippen LogP contribution in [0.25, 0.3) is 33.3 Å². The van der Waals surface area contributed by atoms with Crippen LogP contribution >= 0.6 is 0 Å². The van der Waals surface area contributed by atoms with Gasteiger partial charge in [-0.2, -0.15) is 0 Å². The maximum Gasteiger partial charge on any atom is 0.324 e. The van der Waals surface area contributed by atoms with Gasteiger partial charge in [-0.05, 0) is 117 Å². The van der Waals surface area contributed by atoms with Crippen LogP contribution < -0.4 is 10.7 Å². The number of carbonyl (C=O) groups excluding carboxylic acids is 5. The van der Waals surface area contributed by atoms with Crippen LogP contribution in [0.3, 0.4) is 0 Å². The van der Waals surface area contributed by atoms with Gasteiger partial charge in [0.25, 0.3) is 11.8 Å². The van der Waals surface area contributed by atoms with E-state index >= 15 is 0 Å². The Kier molecular flexibility index (Phi) is 14.7. The van der Waals surface area contributed by atoms with Crippen molar-refractivity contribution in [3.63, 3.8) is 0 Å². The first-order valence-corrected chi connectivity index (χ1v) is 25.0. The molecular weight excluding hydrogens is 887 g/mol. The zero-order valence-electron chi connectivity index (χ0n) is 41.9. The minimum absolute atomic E-state index is 0.0127. The molecule has 6 bridgehead atoms. The molecule has 4 aliphatic rings. The molecule has 4 heterocycles. The van der Waals surface area contributed by atoms with Gasteiger partial charge in [0.1, 0.15) is 23.9 Å². The van der Waals surface area contributed by atoms with Gasteiger partial charge in [0.2, 0.25) is 11.8 Å². The molecule has 4 amide bonds. The number of nitrogens with zero attached hydrogens (tertiary/aromatic N) is 5. The number of esters is 1. The smallest absolute Gasteiger partial charge is 0.324 e. The Balaban J connectivity index is 1.21. The number of amides is 4. The molecule has 3 aliphatic heterocycles. The first-order chi connectivity index (χ1) is 33.3. The number of carbonyl (C=O) groups is 5. The third-order valence-corrected chi connectivity index (χ3v) is 15.1. The lowest BCUT2D eigenvalue weighted by molar-refractivity contribution is -0.159. The number of aliphatic hydroxyl groups is 1. The highest BCUT2D eigenvalue weighted by atomic mass is 16.5. The fraction of sp³-hybridized carbons (Fsp3) is 0.509. The number of fused-ring (bicyclic) bond motifs is 6. The number of aromatic hydroxyl groups is 1. The molecule has 8 rings (SSSR count). The normalized spacial score (nSPS) is 23.5. The molecule has 1 saturated carbocycles. The summed E-state index contributed by atoms with van der Waals surface area (Å²) in [6, 6.07) is 17.0. The van der Waals surface area contributed by atoms with Gasteiger partial charge >= 0.3 is 5.97 Å². The van der Waals surface area contributed by atoms with Crippen molar-refractivity contribution < 1.29 is 38.9 Å². The third kappa shape index (κ3) is 10.1. The predicted molar refractivity (Wildman–Crippen MR) is 269 cm³/mol. The molecule has 5 atom stereocenters. The van der Waals surface area contributed by atoms with Gasteiger partial charge < -0.3 is 39.5 Å². The highest BCUT2D eigenvalue weighted by Gasteiger charge is 2.53. The van der Waals surface area contributed by atoms with E-state index in [2.05, 4.69) is 98.1 Å². The standard InChI is InChI=1S/C55H71N7O8/c1-9-47(64)60-30-34(3)55(69,32-60)53(68)59(8)48(36-16-11-12-17-36)50(65)56-45-26-35-24-39(27-40(63)25-35)37-21-22-46-42(28-37)43(49(61(46)10-2)41-19-14-13-18-38(41)31-58(6)7)29-54(4,5)33-70-52(67)44-20-15-23-62(57-44)51(45)66/h9,13-14,18-19,21-22,24-25,27-28,34,36,44-45,48,57,63,69H,1,10-12,15-17,20,23,26,29-33H2,2-8H3,(H,56,65)/t34-,44-,45-,48-,55-/m0/s1. The molecule has 70 heavy (non-hydrogen) atoms. The quantitative estimate of drug-likeness (QED) is 0.112. The summed E-state index contributed by atoms with van der Waals surface area (Å²) < 4.78 is 8.51. The Labute approximate surface area is 411 Å². The van der Waals surface area contributed by atoms with Crippen molar-refractivity contribution in [2.45, 2.75) is 116 Å². The lowest BCUT2D eigenvalue weighted by Crippen LogP contribution is -2.63. The Morgan fingerprint density at radius 3 is 2.46 bits per heavy atom. The number of cyclic esters (lactones) is 1. The van der Waals surface area contributed by atoms with Crippen molar-refractivity contribution in [3.8, 4) is 28.1 Å². The van der Waals surface area contributed by atoms with Crippen LogP contribution in [0.2, 0.25) is 0 Å². The summed E-state index contributed by atoms with van der Waals surface area (Å²) in [5.74, 6) is -3.51. The van der Waals surface area contributed by atoms with Crippen LogP contribution in [0.5, 0.6) is 5.75 Å². The molecule has 15 nitrogen and oxygen atoms in total. The van der Waals surface area contributed by atoms with Crippen molar-refractivity contribution in [3.05, 3.63) is 90.0 Å². The number of phenolic OH excluding ortho intramolecular Hbond substituents is 1. The topological polar surface area (TPSA) is 177 Å². The van der Waals surface area contributed by atoms with E-state index in [4.69, 9.17) is 4.74 Å². The molecule has 374 valence electrons. The molecule has 3 aromatic carbocycles. The van der Waals surface area contributed by atoms with Gasteiger partial charge in [0, 0.05) is 67.4 Å². The van der Waals surface area contributed by atoms with Crippen molar-refractivity contribution in [1.82, 2.24) is 35.0 Å². The number of phenols is 1. The van der Waals surface area contributed by atoms with E-state index in [1.807, 2.05) is 12.1 Å². The molecule has 0 spiro atoms. The van der Waals surface area contributed by atoms with E-state index in [9.17, 15) is 34.2 Å². The van der Waals surface area contributed by atoms with E-state index < -0.39 is 64.7 Å². The van der Waals surface area contributed by atoms with E-state index in [1.165, 1.54) is 27.4 Å². The van der Waals surface area contributed by atoms with Crippen LogP contribution in [0.15, 0.2) is 73.3 Å². The first kappa shape index (κ1) is 50.4. The molecule has 3 fully saturated rings. The van der Waals surface area contributed by atoms with Crippen LogP contribution in [-0.4, -0.2) is 135 Å². The number of likely N-dealkylation sites (tertiary alicyclic amines) is 1. The summed E-state index contributed by atoms with van der Waals surface area (Å²) in [5, 5.41) is 28.8. The van der Waals surface area contributed by atoms with Crippen molar-refractivity contribution in [2.75, 3.05) is 47.4 Å².